The van der Waals surface area contributed by atoms with Crippen LogP contribution in [0.5, 0.6) is 0 Å². The van der Waals surface area contributed by atoms with Gasteiger partial charge in [-0.05, 0) is 41.0 Å². The van der Waals surface area contributed by atoms with Crippen molar-refractivity contribution in [2.45, 2.75) is 40.0 Å². The highest BCUT2D eigenvalue weighted by Crippen LogP contribution is 2.23. The summed E-state index contributed by atoms with van der Waals surface area (Å²) < 4.78 is 5.22. The molecule has 2 atom stereocenters. The van der Waals surface area contributed by atoms with E-state index in [1.54, 1.807) is 7.11 Å². The Morgan fingerprint density at radius 1 is 1.00 bits per heavy atom. The summed E-state index contributed by atoms with van der Waals surface area (Å²) in [7, 11) is 1.65. The summed E-state index contributed by atoms with van der Waals surface area (Å²) in [5.74, 6) is 1.43. The Hall–Kier alpha value is -2.17. The molecular formula is C24H32N2O2. The molecule has 2 aromatic rings. The highest BCUT2D eigenvalue weighted by molar-refractivity contribution is 5.95. The summed E-state index contributed by atoms with van der Waals surface area (Å²) >= 11 is 0. The molecule has 0 spiro atoms. The molecule has 1 N–H and O–H groups in total. The van der Waals surface area contributed by atoms with Crippen LogP contribution < -0.4 is 5.32 Å². The van der Waals surface area contributed by atoms with E-state index in [9.17, 15) is 4.79 Å². The van der Waals surface area contributed by atoms with Gasteiger partial charge >= 0.3 is 0 Å². The second kappa shape index (κ2) is 9.85. The minimum absolute atomic E-state index is 0.0531. The van der Waals surface area contributed by atoms with Crippen LogP contribution in [-0.2, 0) is 24.4 Å². The lowest BCUT2D eigenvalue weighted by atomic mass is 9.91. The highest BCUT2D eigenvalue weighted by Gasteiger charge is 2.22. The van der Waals surface area contributed by atoms with E-state index >= 15 is 0 Å². The maximum atomic E-state index is 12.7. The van der Waals surface area contributed by atoms with Crippen LogP contribution in [0.4, 0.5) is 0 Å². The first-order chi connectivity index (χ1) is 13.6. The lowest BCUT2D eigenvalue weighted by molar-refractivity contribution is 0.0945. The van der Waals surface area contributed by atoms with Crippen LogP contribution in [0.3, 0.4) is 0 Å². The Bertz CT molecular complexity index is 780. The van der Waals surface area contributed by atoms with Crippen molar-refractivity contribution in [3.05, 3.63) is 70.8 Å². The molecule has 28 heavy (non-hydrogen) atoms. The van der Waals surface area contributed by atoms with Crippen molar-refractivity contribution in [2.24, 2.45) is 11.8 Å². The predicted octanol–water partition coefficient (Wildman–Crippen LogP) is 4.24. The van der Waals surface area contributed by atoms with Gasteiger partial charge < -0.3 is 10.1 Å². The number of hydrogen-bond acceptors (Lipinski definition) is 3. The number of rotatable bonds is 7. The smallest absolute Gasteiger partial charge is 0.251 e. The van der Waals surface area contributed by atoms with Gasteiger partial charge in [0.15, 0.2) is 0 Å². The topological polar surface area (TPSA) is 41.6 Å². The van der Waals surface area contributed by atoms with E-state index in [2.05, 4.69) is 42.3 Å². The first-order valence-corrected chi connectivity index (χ1v) is 10.2. The molecule has 2 unspecified atom stereocenters. The van der Waals surface area contributed by atoms with Gasteiger partial charge in [-0.1, -0.05) is 56.3 Å². The minimum Gasteiger partial charge on any atom is -0.380 e. The molecule has 0 bridgehead atoms. The fourth-order valence-corrected chi connectivity index (χ4v) is 4.34. The van der Waals surface area contributed by atoms with Crippen molar-refractivity contribution in [1.29, 1.82) is 0 Å². The van der Waals surface area contributed by atoms with E-state index in [0.717, 1.165) is 37.0 Å². The lowest BCUT2D eigenvalue weighted by Gasteiger charge is -2.35. The number of carbonyl (C=O) groups is 1. The van der Waals surface area contributed by atoms with Crippen LogP contribution in [0.25, 0.3) is 0 Å². The molecule has 1 aliphatic rings. The molecular weight excluding hydrogens is 348 g/mol. The zero-order chi connectivity index (χ0) is 19.9. The first kappa shape index (κ1) is 20.6. The van der Waals surface area contributed by atoms with Crippen molar-refractivity contribution in [1.82, 2.24) is 10.2 Å². The van der Waals surface area contributed by atoms with Crippen molar-refractivity contribution in [3.63, 3.8) is 0 Å². The molecule has 0 aromatic heterocycles. The Labute approximate surface area is 168 Å². The molecule has 1 aliphatic heterocycles. The molecule has 0 radical (unpaired) electrons. The number of benzene rings is 2. The van der Waals surface area contributed by atoms with Gasteiger partial charge in [0.25, 0.3) is 5.91 Å². The number of hydrogen-bond donors (Lipinski definition) is 1. The number of amides is 1. The zero-order valence-corrected chi connectivity index (χ0v) is 17.3. The summed E-state index contributed by atoms with van der Waals surface area (Å²) in [4.78, 5) is 15.3. The average molecular weight is 381 g/mol. The molecule has 3 rings (SSSR count). The summed E-state index contributed by atoms with van der Waals surface area (Å²) in [5.41, 5.74) is 4.08. The van der Waals surface area contributed by atoms with Gasteiger partial charge in [-0.25, -0.2) is 0 Å². The largest absolute Gasteiger partial charge is 0.380 e. The monoisotopic (exact) mass is 380 g/mol. The van der Waals surface area contributed by atoms with E-state index in [-0.39, 0.29) is 5.91 Å². The molecule has 2 aromatic carbocycles. The van der Waals surface area contributed by atoms with Gasteiger partial charge in [0.05, 0.1) is 6.61 Å². The van der Waals surface area contributed by atoms with Crippen LogP contribution in [0.1, 0.15) is 47.3 Å². The first-order valence-electron chi connectivity index (χ1n) is 10.2. The molecule has 4 heteroatoms. The van der Waals surface area contributed by atoms with Crippen LogP contribution in [-0.4, -0.2) is 31.0 Å². The number of likely N-dealkylation sites (tertiary alicyclic amines) is 1. The standard InChI is InChI=1S/C24H32N2O2/c1-18-12-19(2)15-26(14-18)16-21-9-5-4-8-20(21)13-25-24(27)23-11-7-6-10-22(23)17-28-3/h4-11,18-19H,12-17H2,1-3H3,(H,25,27). The Kier molecular flexibility index (Phi) is 7.24. The van der Waals surface area contributed by atoms with Crippen LogP contribution in [0, 0.1) is 11.8 Å². The van der Waals surface area contributed by atoms with Gasteiger partial charge in [0.2, 0.25) is 0 Å². The fourth-order valence-electron chi connectivity index (χ4n) is 4.34. The van der Waals surface area contributed by atoms with Crippen LogP contribution >= 0.6 is 0 Å². The Morgan fingerprint density at radius 2 is 1.61 bits per heavy atom. The molecule has 4 nitrogen and oxygen atoms in total. The van der Waals surface area contributed by atoms with Gasteiger partial charge in [0, 0.05) is 38.9 Å². The second-order valence-corrected chi connectivity index (χ2v) is 8.18. The number of nitrogens with one attached hydrogen (secondary N) is 1. The SMILES string of the molecule is COCc1ccccc1C(=O)NCc1ccccc1CN1CC(C)CC(C)C1. The maximum absolute atomic E-state index is 12.7. The Balaban J connectivity index is 1.66. The molecule has 1 heterocycles. The zero-order valence-electron chi connectivity index (χ0n) is 17.3. The molecule has 150 valence electrons. The van der Waals surface area contributed by atoms with Crippen molar-refractivity contribution in [3.8, 4) is 0 Å². The van der Waals surface area contributed by atoms with E-state index in [0.29, 0.717) is 18.7 Å². The average Bonchev–Trinajstić information content (AvgIpc) is 2.67. The van der Waals surface area contributed by atoms with Crippen molar-refractivity contribution in [2.75, 3.05) is 20.2 Å². The number of methoxy groups -OCH3 is 1. The predicted molar refractivity (Wildman–Crippen MR) is 113 cm³/mol. The molecule has 0 saturated carbocycles. The van der Waals surface area contributed by atoms with Crippen molar-refractivity contribution >= 4 is 5.91 Å². The van der Waals surface area contributed by atoms with Crippen LogP contribution in [0.2, 0.25) is 0 Å². The van der Waals surface area contributed by atoms with E-state index in [4.69, 9.17) is 4.74 Å². The van der Waals surface area contributed by atoms with E-state index < -0.39 is 0 Å². The van der Waals surface area contributed by atoms with Gasteiger partial charge in [-0.2, -0.15) is 0 Å². The lowest BCUT2D eigenvalue weighted by Crippen LogP contribution is -2.38. The molecule has 1 amide bonds. The third kappa shape index (κ3) is 5.43. The third-order valence-electron chi connectivity index (χ3n) is 5.46. The number of ether oxygens (including phenoxy) is 1. The van der Waals surface area contributed by atoms with Gasteiger partial charge in [0.1, 0.15) is 0 Å². The molecule has 1 saturated heterocycles. The van der Waals surface area contributed by atoms with Crippen molar-refractivity contribution < 1.29 is 9.53 Å². The number of carbonyl (C=O) groups excluding carboxylic acids is 1. The maximum Gasteiger partial charge on any atom is 0.251 e. The third-order valence-corrected chi connectivity index (χ3v) is 5.46. The minimum atomic E-state index is -0.0531. The fraction of sp³-hybridized carbons (Fsp3) is 0.458. The number of nitrogens with zero attached hydrogens (tertiary/aromatic N) is 1. The van der Waals surface area contributed by atoms with E-state index in [1.807, 2.05) is 30.3 Å². The summed E-state index contributed by atoms with van der Waals surface area (Å²) in [6.07, 6.45) is 1.31. The summed E-state index contributed by atoms with van der Waals surface area (Å²) in [5, 5.41) is 3.10. The Morgan fingerprint density at radius 3 is 2.29 bits per heavy atom. The quantitative estimate of drug-likeness (QED) is 0.781. The molecule has 1 fully saturated rings. The summed E-state index contributed by atoms with van der Waals surface area (Å²) in [6.45, 7) is 8.89. The number of piperidine rings is 1. The van der Waals surface area contributed by atoms with Gasteiger partial charge in [-0.15, -0.1) is 0 Å². The second-order valence-electron chi connectivity index (χ2n) is 8.18. The van der Waals surface area contributed by atoms with Crippen LogP contribution in [0.15, 0.2) is 48.5 Å². The van der Waals surface area contributed by atoms with E-state index in [1.165, 1.54) is 17.5 Å². The van der Waals surface area contributed by atoms with Gasteiger partial charge in [-0.3, -0.25) is 9.69 Å². The highest BCUT2D eigenvalue weighted by atomic mass is 16.5. The summed E-state index contributed by atoms with van der Waals surface area (Å²) in [6, 6.07) is 16.0. The molecule has 0 aliphatic carbocycles. The normalized spacial score (nSPS) is 20.1.